The fraction of sp³-hybridized carbons (Fsp3) is 0.750. The minimum atomic E-state index is 0.162. The van der Waals surface area contributed by atoms with E-state index in [4.69, 9.17) is 4.52 Å². The van der Waals surface area contributed by atoms with E-state index in [2.05, 4.69) is 22.3 Å². The van der Waals surface area contributed by atoms with Crippen LogP contribution < -0.4 is 5.32 Å². The van der Waals surface area contributed by atoms with Crippen LogP contribution in [0, 0.1) is 0 Å². The quantitative estimate of drug-likeness (QED) is 0.819. The maximum atomic E-state index is 12.1. The third-order valence-electron chi connectivity index (χ3n) is 4.46. The van der Waals surface area contributed by atoms with E-state index < -0.39 is 0 Å². The molecule has 5 nitrogen and oxygen atoms in total. The van der Waals surface area contributed by atoms with Gasteiger partial charge < -0.3 is 9.84 Å². The summed E-state index contributed by atoms with van der Waals surface area (Å²) in [5.74, 6) is 0.168. The highest BCUT2D eigenvalue weighted by Gasteiger charge is 2.17. The fourth-order valence-corrected chi connectivity index (χ4v) is 2.86. The van der Waals surface area contributed by atoms with E-state index in [1.165, 1.54) is 25.7 Å². The molecule has 1 atom stereocenters. The zero-order valence-corrected chi connectivity index (χ0v) is 13.2. The molecule has 0 aliphatic heterocycles. The van der Waals surface area contributed by atoms with Crippen LogP contribution >= 0.6 is 0 Å². The molecule has 1 aromatic heterocycles. The van der Waals surface area contributed by atoms with Crippen LogP contribution in [0.4, 0.5) is 0 Å². The predicted octanol–water partition coefficient (Wildman–Crippen LogP) is 2.90. The molecule has 1 N–H and O–H groups in total. The number of hydrogen-bond acceptors (Lipinski definition) is 4. The molecule has 1 amide bonds. The van der Waals surface area contributed by atoms with Crippen LogP contribution in [-0.2, 0) is 4.79 Å². The van der Waals surface area contributed by atoms with Crippen LogP contribution in [0.1, 0.15) is 63.6 Å². The smallest absolute Gasteiger partial charge is 0.221 e. The summed E-state index contributed by atoms with van der Waals surface area (Å²) in [5.41, 5.74) is 0.904. The summed E-state index contributed by atoms with van der Waals surface area (Å²) in [6.45, 7) is 2.80. The van der Waals surface area contributed by atoms with Gasteiger partial charge in [-0.1, -0.05) is 30.8 Å². The summed E-state index contributed by atoms with van der Waals surface area (Å²) < 4.78 is 4.87. The highest BCUT2D eigenvalue weighted by molar-refractivity contribution is 5.76. The summed E-state index contributed by atoms with van der Waals surface area (Å²) in [6.07, 6.45) is 9.50. The summed E-state index contributed by atoms with van der Waals surface area (Å²) in [7, 11) is 2.01. The van der Waals surface area contributed by atoms with Crippen LogP contribution in [0.25, 0.3) is 0 Å². The van der Waals surface area contributed by atoms with Gasteiger partial charge in [-0.3, -0.25) is 9.69 Å². The van der Waals surface area contributed by atoms with Gasteiger partial charge in [-0.2, -0.15) is 0 Å². The highest BCUT2D eigenvalue weighted by Crippen LogP contribution is 2.18. The lowest BCUT2D eigenvalue weighted by molar-refractivity contribution is -0.122. The number of aromatic nitrogens is 1. The molecular formula is C16H27N3O2. The molecule has 1 heterocycles. The lowest BCUT2D eigenvalue weighted by atomic mass is 10.1. The third kappa shape index (κ3) is 5.16. The Labute approximate surface area is 127 Å². The lowest BCUT2D eigenvalue weighted by Gasteiger charge is -2.23. The molecule has 1 saturated carbocycles. The van der Waals surface area contributed by atoms with E-state index >= 15 is 0 Å². The van der Waals surface area contributed by atoms with Gasteiger partial charge in [-0.15, -0.1) is 0 Å². The molecule has 0 spiro atoms. The Morgan fingerprint density at radius 2 is 2.14 bits per heavy atom. The second kappa shape index (κ2) is 8.17. The van der Waals surface area contributed by atoms with Crippen LogP contribution in [0.2, 0.25) is 0 Å². The monoisotopic (exact) mass is 293 g/mol. The maximum Gasteiger partial charge on any atom is 0.221 e. The number of nitrogens with zero attached hydrogens (tertiary/aromatic N) is 2. The number of nitrogens with one attached hydrogen (secondary N) is 1. The average molecular weight is 293 g/mol. The Balaban J connectivity index is 1.70. The molecule has 118 valence electrons. The largest absolute Gasteiger partial charge is 0.364 e. The molecule has 1 aromatic rings. The van der Waals surface area contributed by atoms with Crippen molar-refractivity contribution in [2.45, 2.75) is 64.0 Å². The van der Waals surface area contributed by atoms with Crippen molar-refractivity contribution in [3.05, 3.63) is 18.0 Å². The van der Waals surface area contributed by atoms with Gasteiger partial charge in [0.1, 0.15) is 12.0 Å². The van der Waals surface area contributed by atoms with Crippen molar-refractivity contribution in [1.82, 2.24) is 15.4 Å². The first kappa shape index (κ1) is 16.0. The van der Waals surface area contributed by atoms with Gasteiger partial charge in [-0.25, -0.2) is 0 Å². The second-order valence-corrected chi connectivity index (χ2v) is 6.09. The standard InChI is InChI=1S/C16H27N3O2/c1-13(15-10-12-21-18-15)19(2)11-9-16(20)17-14-7-5-3-4-6-8-14/h10,12-14H,3-9,11H2,1-2H3,(H,17,20). The number of rotatable bonds is 6. The molecule has 21 heavy (non-hydrogen) atoms. The van der Waals surface area contributed by atoms with Crippen LogP contribution in [-0.4, -0.2) is 35.6 Å². The lowest BCUT2D eigenvalue weighted by Crippen LogP contribution is -2.36. The summed E-state index contributed by atoms with van der Waals surface area (Å²) in [4.78, 5) is 14.2. The molecule has 0 radical (unpaired) electrons. The van der Waals surface area contributed by atoms with Gasteiger partial charge in [-0.05, 0) is 26.8 Å². The predicted molar refractivity (Wildman–Crippen MR) is 81.8 cm³/mol. The van der Waals surface area contributed by atoms with Gasteiger partial charge in [0.25, 0.3) is 0 Å². The molecule has 0 bridgehead atoms. The van der Waals surface area contributed by atoms with Crippen molar-refractivity contribution >= 4 is 5.91 Å². The van der Waals surface area contributed by atoms with Crippen molar-refractivity contribution in [2.24, 2.45) is 0 Å². The minimum absolute atomic E-state index is 0.162. The summed E-state index contributed by atoms with van der Waals surface area (Å²) >= 11 is 0. The molecule has 1 fully saturated rings. The Hall–Kier alpha value is -1.36. The van der Waals surface area contributed by atoms with Crippen LogP contribution in [0.15, 0.2) is 16.9 Å². The highest BCUT2D eigenvalue weighted by atomic mass is 16.5. The van der Waals surface area contributed by atoms with Gasteiger partial charge in [0.15, 0.2) is 0 Å². The minimum Gasteiger partial charge on any atom is -0.364 e. The normalized spacial score (nSPS) is 18.4. The second-order valence-electron chi connectivity index (χ2n) is 6.09. The van der Waals surface area contributed by atoms with Crippen LogP contribution in [0.3, 0.4) is 0 Å². The van der Waals surface area contributed by atoms with Gasteiger partial charge in [0, 0.05) is 25.1 Å². The summed E-state index contributed by atoms with van der Waals surface area (Å²) in [5, 5.41) is 7.14. The molecular weight excluding hydrogens is 266 g/mol. The van der Waals surface area contributed by atoms with E-state index in [1.54, 1.807) is 6.26 Å². The van der Waals surface area contributed by atoms with E-state index in [-0.39, 0.29) is 11.9 Å². The molecule has 5 heteroatoms. The van der Waals surface area contributed by atoms with E-state index in [1.807, 2.05) is 13.1 Å². The van der Waals surface area contributed by atoms with Crippen molar-refractivity contribution in [2.75, 3.05) is 13.6 Å². The SMILES string of the molecule is CC(c1ccon1)N(C)CCC(=O)NC1CCCCCC1. The number of carbonyl (C=O) groups excluding carboxylic acids is 1. The Morgan fingerprint density at radius 1 is 1.43 bits per heavy atom. The Morgan fingerprint density at radius 3 is 2.76 bits per heavy atom. The number of carbonyl (C=O) groups is 1. The maximum absolute atomic E-state index is 12.1. The van der Waals surface area contributed by atoms with Crippen LogP contribution in [0.5, 0.6) is 0 Å². The van der Waals surface area contributed by atoms with E-state index in [0.717, 1.165) is 25.1 Å². The van der Waals surface area contributed by atoms with Gasteiger partial charge >= 0.3 is 0 Å². The van der Waals surface area contributed by atoms with E-state index in [0.29, 0.717) is 12.5 Å². The first-order valence-corrected chi connectivity index (χ1v) is 8.06. The molecule has 1 aliphatic carbocycles. The molecule has 1 aliphatic rings. The molecule has 1 unspecified atom stereocenters. The summed E-state index contributed by atoms with van der Waals surface area (Å²) in [6, 6.07) is 2.42. The van der Waals surface area contributed by atoms with Crippen molar-refractivity contribution in [3.8, 4) is 0 Å². The molecule has 2 rings (SSSR count). The Bertz CT molecular complexity index is 411. The number of hydrogen-bond donors (Lipinski definition) is 1. The first-order chi connectivity index (χ1) is 10.2. The number of amides is 1. The third-order valence-corrected chi connectivity index (χ3v) is 4.46. The zero-order chi connectivity index (χ0) is 15.1. The van der Waals surface area contributed by atoms with Gasteiger partial charge in [0.2, 0.25) is 5.91 Å². The van der Waals surface area contributed by atoms with Crippen molar-refractivity contribution in [3.63, 3.8) is 0 Å². The molecule has 0 aromatic carbocycles. The Kier molecular flexibility index (Phi) is 6.23. The van der Waals surface area contributed by atoms with Crippen molar-refractivity contribution < 1.29 is 9.32 Å². The van der Waals surface area contributed by atoms with E-state index in [9.17, 15) is 4.79 Å². The first-order valence-electron chi connectivity index (χ1n) is 8.06. The fourth-order valence-electron chi connectivity index (χ4n) is 2.86. The van der Waals surface area contributed by atoms with Gasteiger partial charge in [0.05, 0.1) is 6.04 Å². The topological polar surface area (TPSA) is 58.4 Å². The molecule has 0 saturated heterocycles. The zero-order valence-electron chi connectivity index (χ0n) is 13.2. The average Bonchev–Trinajstić information content (AvgIpc) is 2.90. The van der Waals surface area contributed by atoms with Crippen molar-refractivity contribution in [1.29, 1.82) is 0 Å².